The van der Waals surface area contributed by atoms with E-state index in [0.29, 0.717) is 5.56 Å². The third kappa shape index (κ3) is 2.33. The Bertz CT molecular complexity index is 598. The minimum absolute atomic E-state index is 0.378. The van der Waals surface area contributed by atoms with Crippen molar-refractivity contribution >= 4 is 0 Å². The summed E-state index contributed by atoms with van der Waals surface area (Å²) >= 11 is 0. The second kappa shape index (κ2) is 4.49. The van der Waals surface area contributed by atoms with Crippen molar-refractivity contribution in [2.24, 2.45) is 0 Å². The van der Waals surface area contributed by atoms with Crippen molar-refractivity contribution in [3.63, 3.8) is 0 Å². The van der Waals surface area contributed by atoms with Gasteiger partial charge in [0, 0.05) is 12.4 Å². The number of hydrogen-bond donors (Lipinski definition) is 0. The Morgan fingerprint density at radius 2 is 1.67 bits per heavy atom. The van der Waals surface area contributed by atoms with E-state index in [1.165, 1.54) is 12.1 Å². The normalized spacial score (nSPS) is 11.0. The van der Waals surface area contributed by atoms with Crippen molar-refractivity contribution in [2.45, 2.75) is 6.18 Å². The molecule has 0 amide bonds. The smallest absolute Gasteiger partial charge is 0.265 e. The summed E-state index contributed by atoms with van der Waals surface area (Å²) in [6.45, 7) is 0. The van der Waals surface area contributed by atoms with Gasteiger partial charge < -0.3 is 0 Å². The number of halogens is 3. The molecule has 0 N–H and O–H groups in total. The molecule has 0 atom stereocenters. The summed E-state index contributed by atoms with van der Waals surface area (Å²) in [5.41, 5.74) is -0.0169. The van der Waals surface area contributed by atoms with Crippen LogP contribution in [0.5, 0.6) is 0 Å². The SMILES string of the molecule is N#Cc1cc(-c2ccncc2)ccc1C(F)(F)F. The molecule has 0 unspecified atom stereocenters. The Balaban J connectivity index is 2.54. The second-order valence-electron chi connectivity index (χ2n) is 3.61. The van der Waals surface area contributed by atoms with Gasteiger partial charge in [-0.1, -0.05) is 6.07 Å². The Hall–Kier alpha value is -2.35. The van der Waals surface area contributed by atoms with E-state index in [0.717, 1.165) is 11.6 Å². The van der Waals surface area contributed by atoms with E-state index in [1.54, 1.807) is 30.6 Å². The van der Waals surface area contributed by atoms with Gasteiger partial charge in [-0.3, -0.25) is 4.98 Å². The number of alkyl halides is 3. The first-order chi connectivity index (χ1) is 8.52. The lowest BCUT2D eigenvalue weighted by Gasteiger charge is -2.10. The first-order valence-electron chi connectivity index (χ1n) is 5.04. The fourth-order valence-electron chi connectivity index (χ4n) is 1.61. The van der Waals surface area contributed by atoms with Crippen LogP contribution in [0.15, 0.2) is 42.7 Å². The molecule has 0 saturated carbocycles. The molecule has 1 aromatic heterocycles. The molecule has 0 bridgehead atoms. The Kier molecular flexibility index (Phi) is 3.02. The lowest BCUT2D eigenvalue weighted by molar-refractivity contribution is -0.137. The lowest BCUT2D eigenvalue weighted by Crippen LogP contribution is -2.07. The van der Waals surface area contributed by atoms with Gasteiger partial charge in [0.15, 0.2) is 0 Å². The molecule has 2 rings (SSSR count). The molecular weight excluding hydrogens is 241 g/mol. The van der Waals surface area contributed by atoms with E-state index < -0.39 is 11.7 Å². The van der Waals surface area contributed by atoms with E-state index in [4.69, 9.17) is 5.26 Å². The van der Waals surface area contributed by atoms with E-state index in [1.807, 2.05) is 0 Å². The quantitative estimate of drug-likeness (QED) is 0.772. The fraction of sp³-hybridized carbons (Fsp3) is 0.0769. The van der Waals surface area contributed by atoms with Crippen LogP contribution in [0.2, 0.25) is 0 Å². The van der Waals surface area contributed by atoms with Crippen molar-refractivity contribution in [1.29, 1.82) is 5.26 Å². The molecule has 0 aliphatic heterocycles. The Morgan fingerprint density at radius 1 is 1.00 bits per heavy atom. The summed E-state index contributed by atoms with van der Waals surface area (Å²) < 4.78 is 37.8. The number of nitrogens with zero attached hydrogens (tertiary/aromatic N) is 2. The molecule has 1 heterocycles. The molecular formula is C13H7F3N2. The number of nitriles is 1. The van der Waals surface area contributed by atoms with Crippen LogP contribution in [-0.2, 0) is 6.18 Å². The average molecular weight is 248 g/mol. The van der Waals surface area contributed by atoms with E-state index in [2.05, 4.69) is 4.98 Å². The summed E-state index contributed by atoms with van der Waals surface area (Å²) in [6.07, 6.45) is -1.43. The predicted octanol–water partition coefficient (Wildman–Crippen LogP) is 3.64. The zero-order valence-corrected chi connectivity index (χ0v) is 9.07. The molecule has 2 nitrogen and oxygen atoms in total. The van der Waals surface area contributed by atoms with Gasteiger partial charge in [0.1, 0.15) is 0 Å². The molecule has 0 aliphatic rings. The maximum atomic E-state index is 12.6. The van der Waals surface area contributed by atoms with Crippen LogP contribution < -0.4 is 0 Å². The van der Waals surface area contributed by atoms with E-state index in [-0.39, 0.29) is 5.56 Å². The third-order valence-electron chi connectivity index (χ3n) is 2.46. The highest BCUT2D eigenvalue weighted by molar-refractivity contribution is 5.65. The highest BCUT2D eigenvalue weighted by Gasteiger charge is 2.33. The van der Waals surface area contributed by atoms with Crippen molar-refractivity contribution in [1.82, 2.24) is 4.98 Å². The monoisotopic (exact) mass is 248 g/mol. The molecule has 90 valence electrons. The largest absolute Gasteiger partial charge is 0.417 e. The number of benzene rings is 1. The summed E-state index contributed by atoms with van der Waals surface area (Å²) in [5, 5.41) is 8.79. The molecule has 0 radical (unpaired) electrons. The first kappa shape index (κ1) is 12.1. The van der Waals surface area contributed by atoms with Crippen LogP contribution in [0.3, 0.4) is 0 Å². The highest BCUT2D eigenvalue weighted by atomic mass is 19.4. The zero-order valence-electron chi connectivity index (χ0n) is 9.07. The van der Waals surface area contributed by atoms with E-state index >= 15 is 0 Å². The van der Waals surface area contributed by atoms with Crippen LogP contribution >= 0.6 is 0 Å². The minimum atomic E-state index is -4.51. The van der Waals surface area contributed by atoms with Crippen molar-refractivity contribution in [3.8, 4) is 17.2 Å². The van der Waals surface area contributed by atoms with Crippen LogP contribution in [0.25, 0.3) is 11.1 Å². The molecule has 0 saturated heterocycles. The van der Waals surface area contributed by atoms with Gasteiger partial charge in [-0.15, -0.1) is 0 Å². The number of rotatable bonds is 1. The van der Waals surface area contributed by atoms with Crippen molar-refractivity contribution in [3.05, 3.63) is 53.9 Å². The molecule has 5 heteroatoms. The van der Waals surface area contributed by atoms with Gasteiger partial charge in [0.25, 0.3) is 0 Å². The van der Waals surface area contributed by atoms with Crippen molar-refractivity contribution in [2.75, 3.05) is 0 Å². The summed E-state index contributed by atoms with van der Waals surface area (Å²) in [5.74, 6) is 0. The first-order valence-corrected chi connectivity index (χ1v) is 5.04. The number of pyridine rings is 1. The second-order valence-corrected chi connectivity index (χ2v) is 3.61. The number of hydrogen-bond acceptors (Lipinski definition) is 2. The summed E-state index contributed by atoms with van der Waals surface area (Å²) in [4.78, 5) is 3.83. The molecule has 1 aromatic carbocycles. The Labute approximate surface area is 101 Å². The number of aromatic nitrogens is 1. The maximum absolute atomic E-state index is 12.6. The van der Waals surface area contributed by atoms with Crippen LogP contribution in [-0.4, -0.2) is 4.98 Å². The van der Waals surface area contributed by atoms with Gasteiger partial charge in [-0.25, -0.2) is 0 Å². The molecule has 0 spiro atoms. The standard InChI is InChI=1S/C13H7F3N2/c14-13(15,16)12-2-1-10(7-11(12)8-17)9-3-5-18-6-4-9/h1-7H. The van der Waals surface area contributed by atoms with Crippen LogP contribution in [0.4, 0.5) is 13.2 Å². The minimum Gasteiger partial charge on any atom is -0.265 e. The molecule has 2 aromatic rings. The van der Waals surface area contributed by atoms with Gasteiger partial charge in [-0.05, 0) is 35.4 Å². The molecule has 0 fully saturated rings. The fourth-order valence-corrected chi connectivity index (χ4v) is 1.61. The maximum Gasteiger partial charge on any atom is 0.417 e. The molecule has 0 aliphatic carbocycles. The van der Waals surface area contributed by atoms with Gasteiger partial charge in [0.2, 0.25) is 0 Å². The predicted molar refractivity (Wildman–Crippen MR) is 59.4 cm³/mol. The topological polar surface area (TPSA) is 36.7 Å². The molecule has 18 heavy (non-hydrogen) atoms. The Morgan fingerprint density at radius 3 is 2.22 bits per heavy atom. The van der Waals surface area contributed by atoms with Crippen LogP contribution in [0.1, 0.15) is 11.1 Å². The summed E-state index contributed by atoms with van der Waals surface area (Å²) in [7, 11) is 0. The van der Waals surface area contributed by atoms with Crippen LogP contribution in [0, 0.1) is 11.3 Å². The lowest BCUT2D eigenvalue weighted by atomic mass is 10.0. The summed E-state index contributed by atoms with van der Waals surface area (Å²) in [6, 6.07) is 8.42. The average Bonchev–Trinajstić information content (AvgIpc) is 2.38. The van der Waals surface area contributed by atoms with Gasteiger partial charge in [0.05, 0.1) is 17.2 Å². The van der Waals surface area contributed by atoms with E-state index in [9.17, 15) is 13.2 Å². The van der Waals surface area contributed by atoms with Gasteiger partial charge >= 0.3 is 6.18 Å². The van der Waals surface area contributed by atoms with Gasteiger partial charge in [-0.2, -0.15) is 18.4 Å². The van der Waals surface area contributed by atoms with Crippen molar-refractivity contribution < 1.29 is 13.2 Å². The zero-order chi connectivity index (χ0) is 13.2. The highest BCUT2D eigenvalue weighted by Crippen LogP contribution is 2.33. The third-order valence-corrected chi connectivity index (χ3v) is 2.46.